The predicted octanol–water partition coefficient (Wildman–Crippen LogP) is 1.60. The molecular weight excluding hydrogens is 290 g/mol. The van der Waals surface area contributed by atoms with Gasteiger partial charge in [-0.15, -0.1) is 0 Å². The van der Waals surface area contributed by atoms with Gasteiger partial charge in [0.25, 0.3) is 0 Å². The Balaban J connectivity index is 1.55. The van der Waals surface area contributed by atoms with Crippen LogP contribution >= 0.6 is 0 Å². The SMILES string of the molecule is CC(C)NC(=O)CN1CCN(CCCOc2ccccc2)CC1. The van der Waals surface area contributed by atoms with Gasteiger partial charge in [-0.05, 0) is 32.4 Å². The highest BCUT2D eigenvalue weighted by Gasteiger charge is 2.18. The molecule has 0 radical (unpaired) electrons. The number of rotatable bonds is 8. The van der Waals surface area contributed by atoms with Crippen LogP contribution in [0.5, 0.6) is 5.75 Å². The van der Waals surface area contributed by atoms with Crippen LogP contribution in [0.3, 0.4) is 0 Å². The van der Waals surface area contributed by atoms with E-state index in [2.05, 4.69) is 15.1 Å². The number of amides is 1. The summed E-state index contributed by atoms with van der Waals surface area (Å²) < 4.78 is 5.72. The Bertz CT molecular complexity index is 457. The third-order valence-electron chi connectivity index (χ3n) is 3.91. The number of nitrogens with zero attached hydrogens (tertiary/aromatic N) is 2. The van der Waals surface area contributed by atoms with Gasteiger partial charge >= 0.3 is 0 Å². The van der Waals surface area contributed by atoms with E-state index in [1.807, 2.05) is 44.2 Å². The first-order chi connectivity index (χ1) is 11.1. The van der Waals surface area contributed by atoms with Gasteiger partial charge < -0.3 is 15.0 Å². The zero-order valence-corrected chi connectivity index (χ0v) is 14.3. The first-order valence-electron chi connectivity index (χ1n) is 8.55. The maximum Gasteiger partial charge on any atom is 0.234 e. The molecule has 1 heterocycles. The summed E-state index contributed by atoms with van der Waals surface area (Å²) in [5.41, 5.74) is 0. The average Bonchev–Trinajstić information content (AvgIpc) is 2.53. The molecule has 0 unspecified atom stereocenters. The lowest BCUT2D eigenvalue weighted by molar-refractivity contribution is -0.123. The van der Waals surface area contributed by atoms with Crippen molar-refractivity contribution < 1.29 is 9.53 Å². The van der Waals surface area contributed by atoms with Crippen LogP contribution in [0.4, 0.5) is 0 Å². The van der Waals surface area contributed by atoms with Crippen molar-refractivity contribution in [3.63, 3.8) is 0 Å². The Morgan fingerprint density at radius 3 is 2.43 bits per heavy atom. The number of hydrogen-bond donors (Lipinski definition) is 1. The molecular formula is C18H29N3O2. The topological polar surface area (TPSA) is 44.8 Å². The summed E-state index contributed by atoms with van der Waals surface area (Å²) in [4.78, 5) is 16.4. The number of piperazine rings is 1. The Morgan fingerprint density at radius 2 is 1.78 bits per heavy atom. The molecule has 1 fully saturated rings. The fourth-order valence-electron chi connectivity index (χ4n) is 2.74. The monoisotopic (exact) mass is 319 g/mol. The summed E-state index contributed by atoms with van der Waals surface area (Å²) in [7, 11) is 0. The highest BCUT2D eigenvalue weighted by molar-refractivity contribution is 5.78. The van der Waals surface area contributed by atoms with E-state index in [9.17, 15) is 4.79 Å². The van der Waals surface area contributed by atoms with Crippen molar-refractivity contribution in [2.24, 2.45) is 0 Å². The average molecular weight is 319 g/mol. The molecule has 0 spiro atoms. The second kappa shape index (κ2) is 9.53. The Kier molecular flexibility index (Phi) is 7.36. The van der Waals surface area contributed by atoms with Crippen LogP contribution in [0.25, 0.3) is 0 Å². The molecule has 1 saturated heterocycles. The summed E-state index contributed by atoms with van der Waals surface area (Å²) in [6.07, 6.45) is 1.03. The van der Waals surface area contributed by atoms with Crippen LogP contribution in [0.15, 0.2) is 30.3 Å². The van der Waals surface area contributed by atoms with E-state index in [0.717, 1.165) is 51.5 Å². The molecule has 1 aliphatic rings. The van der Waals surface area contributed by atoms with Crippen molar-refractivity contribution >= 4 is 5.91 Å². The van der Waals surface area contributed by atoms with Crippen LogP contribution < -0.4 is 10.1 Å². The van der Waals surface area contributed by atoms with Crippen LogP contribution in [0, 0.1) is 0 Å². The summed E-state index contributed by atoms with van der Waals surface area (Å²) in [6.45, 7) is 10.3. The summed E-state index contributed by atoms with van der Waals surface area (Å²) in [6, 6.07) is 10.2. The molecule has 1 N–H and O–H groups in total. The number of para-hydroxylation sites is 1. The molecule has 1 amide bonds. The summed E-state index contributed by atoms with van der Waals surface area (Å²) in [5, 5.41) is 2.95. The third kappa shape index (κ3) is 7.01. The number of nitrogens with one attached hydrogen (secondary N) is 1. The highest BCUT2D eigenvalue weighted by atomic mass is 16.5. The zero-order chi connectivity index (χ0) is 16.5. The first-order valence-corrected chi connectivity index (χ1v) is 8.55. The van der Waals surface area contributed by atoms with Crippen LogP contribution in [-0.2, 0) is 4.79 Å². The standard InChI is InChI=1S/C18H29N3O2/c1-16(2)19-18(22)15-21-12-10-20(11-13-21)9-6-14-23-17-7-4-3-5-8-17/h3-5,7-8,16H,6,9-15H2,1-2H3,(H,19,22). The summed E-state index contributed by atoms with van der Waals surface area (Å²) >= 11 is 0. The van der Waals surface area contributed by atoms with E-state index in [1.165, 1.54) is 0 Å². The maximum atomic E-state index is 11.8. The van der Waals surface area contributed by atoms with Crippen LogP contribution in [-0.4, -0.2) is 67.6 Å². The number of carbonyl (C=O) groups excluding carboxylic acids is 1. The quantitative estimate of drug-likeness (QED) is 0.739. The Morgan fingerprint density at radius 1 is 1.13 bits per heavy atom. The molecule has 0 atom stereocenters. The number of carbonyl (C=O) groups is 1. The molecule has 2 rings (SSSR count). The van der Waals surface area contributed by atoms with Crippen molar-refractivity contribution in [1.29, 1.82) is 0 Å². The molecule has 1 aliphatic heterocycles. The van der Waals surface area contributed by atoms with Gasteiger partial charge in [0.1, 0.15) is 5.75 Å². The molecule has 5 heteroatoms. The lowest BCUT2D eigenvalue weighted by Crippen LogP contribution is -2.50. The number of ether oxygens (including phenoxy) is 1. The molecule has 23 heavy (non-hydrogen) atoms. The molecule has 128 valence electrons. The minimum absolute atomic E-state index is 0.129. The van der Waals surface area contributed by atoms with Gasteiger partial charge in [0.05, 0.1) is 13.2 Å². The lowest BCUT2D eigenvalue weighted by atomic mass is 10.3. The van der Waals surface area contributed by atoms with Crippen molar-refractivity contribution in [3.8, 4) is 5.75 Å². The van der Waals surface area contributed by atoms with E-state index >= 15 is 0 Å². The second-order valence-electron chi connectivity index (χ2n) is 6.36. The minimum atomic E-state index is 0.129. The van der Waals surface area contributed by atoms with Gasteiger partial charge in [-0.2, -0.15) is 0 Å². The van der Waals surface area contributed by atoms with E-state index in [4.69, 9.17) is 4.74 Å². The highest BCUT2D eigenvalue weighted by Crippen LogP contribution is 2.09. The van der Waals surface area contributed by atoms with Crippen molar-refractivity contribution in [2.45, 2.75) is 26.3 Å². The van der Waals surface area contributed by atoms with Gasteiger partial charge in [0.2, 0.25) is 5.91 Å². The van der Waals surface area contributed by atoms with Gasteiger partial charge in [0, 0.05) is 38.8 Å². The van der Waals surface area contributed by atoms with Crippen molar-refractivity contribution in [2.75, 3.05) is 45.9 Å². The first kappa shape index (κ1) is 17.8. The third-order valence-corrected chi connectivity index (χ3v) is 3.91. The van der Waals surface area contributed by atoms with Gasteiger partial charge in [0.15, 0.2) is 0 Å². The van der Waals surface area contributed by atoms with Crippen LogP contribution in [0.1, 0.15) is 20.3 Å². The largest absolute Gasteiger partial charge is 0.494 e. The minimum Gasteiger partial charge on any atom is -0.494 e. The molecule has 0 bridgehead atoms. The fraction of sp³-hybridized carbons (Fsp3) is 0.611. The fourth-order valence-corrected chi connectivity index (χ4v) is 2.74. The van der Waals surface area contributed by atoms with Crippen molar-refractivity contribution in [1.82, 2.24) is 15.1 Å². The molecule has 5 nitrogen and oxygen atoms in total. The summed E-state index contributed by atoms with van der Waals surface area (Å²) in [5.74, 6) is 1.07. The predicted molar refractivity (Wildman–Crippen MR) is 92.7 cm³/mol. The molecule has 0 aromatic heterocycles. The van der Waals surface area contributed by atoms with E-state index in [1.54, 1.807) is 0 Å². The zero-order valence-electron chi connectivity index (χ0n) is 14.3. The normalized spacial score (nSPS) is 16.5. The van der Waals surface area contributed by atoms with E-state index in [-0.39, 0.29) is 11.9 Å². The second-order valence-corrected chi connectivity index (χ2v) is 6.36. The Hall–Kier alpha value is -1.59. The van der Waals surface area contributed by atoms with Crippen molar-refractivity contribution in [3.05, 3.63) is 30.3 Å². The maximum absolute atomic E-state index is 11.8. The van der Waals surface area contributed by atoms with Gasteiger partial charge in [-0.3, -0.25) is 9.69 Å². The number of hydrogen-bond acceptors (Lipinski definition) is 4. The molecule has 0 saturated carbocycles. The van der Waals surface area contributed by atoms with Crippen LogP contribution in [0.2, 0.25) is 0 Å². The number of benzene rings is 1. The molecule has 0 aliphatic carbocycles. The van der Waals surface area contributed by atoms with Gasteiger partial charge in [-0.1, -0.05) is 18.2 Å². The Labute approximate surface area is 139 Å². The van der Waals surface area contributed by atoms with E-state index < -0.39 is 0 Å². The molecule has 1 aromatic carbocycles. The lowest BCUT2D eigenvalue weighted by Gasteiger charge is -2.34. The smallest absolute Gasteiger partial charge is 0.234 e. The van der Waals surface area contributed by atoms with Gasteiger partial charge in [-0.25, -0.2) is 0 Å². The van der Waals surface area contributed by atoms with E-state index in [0.29, 0.717) is 6.54 Å². The molecule has 1 aromatic rings.